The Morgan fingerprint density at radius 3 is 2.55 bits per heavy atom. The molecule has 0 radical (unpaired) electrons. The van der Waals surface area contributed by atoms with Gasteiger partial charge in [-0.15, -0.1) is 0 Å². The molecule has 0 aromatic heterocycles. The van der Waals surface area contributed by atoms with Crippen LogP contribution in [0.4, 0.5) is 0 Å². The van der Waals surface area contributed by atoms with Gasteiger partial charge in [0.1, 0.15) is 6.04 Å². The first-order valence-corrected chi connectivity index (χ1v) is 2.90. The predicted molar refractivity (Wildman–Crippen MR) is 33.2 cm³/mol. The first-order chi connectivity index (χ1) is 5.57. The summed E-state index contributed by atoms with van der Waals surface area (Å²) in [5, 5.41) is 20.2. The number of aliphatic carboxylic acids is 2. The van der Waals surface area contributed by atoms with E-state index in [2.05, 4.69) is 5.21 Å². The fourth-order valence-electron chi connectivity index (χ4n) is 0.501. The van der Waals surface area contributed by atoms with E-state index in [0.29, 0.717) is 0 Å². The lowest BCUT2D eigenvalue weighted by atomic mass is 10.2. The van der Waals surface area contributed by atoms with E-state index in [-0.39, 0.29) is 12.8 Å². The topological polar surface area (TPSA) is 107 Å². The van der Waals surface area contributed by atoms with Crippen molar-refractivity contribution in [1.29, 1.82) is 0 Å². The third-order valence-corrected chi connectivity index (χ3v) is 1.09. The van der Waals surface area contributed by atoms with E-state index in [9.17, 15) is 9.59 Å². The van der Waals surface area contributed by atoms with Gasteiger partial charge >= 0.3 is 11.9 Å². The van der Waals surface area contributed by atoms with Crippen molar-refractivity contribution in [3.63, 3.8) is 0 Å². The van der Waals surface area contributed by atoms with Gasteiger partial charge in [-0.05, 0) is 6.42 Å². The van der Waals surface area contributed by atoms with Crippen molar-refractivity contribution in [3.05, 3.63) is 0 Å². The number of carboxylic acids is 2. The summed E-state index contributed by atoms with van der Waals surface area (Å²) in [7, 11) is 0. The summed E-state index contributed by atoms with van der Waals surface area (Å²) in [6.07, 6.45) is -0.406. The summed E-state index contributed by atoms with van der Waals surface area (Å²) in [5.74, 6) is -2.34. The smallest absolute Gasteiger partial charge is 0.323 e. The maximum Gasteiger partial charge on any atom is 0.323 e. The molecule has 0 aliphatic carbocycles. The third kappa shape index (κ3) is 4.29. The molecule has 0 amide bonds. The first kappa shape index (κ1) is 7.96. The Bertz CT molecular complexity index is 173. The molecule has 0 heterocycles. The molecule has 6 nitrogen and oxygen atoms in total. The van der Waals surface area contributed by atoms with Crippen molar-refractivity contribution in [2.24, 2.45) is 0 Å². The Hall–Kier alpha value is -1.14. The molecule has 0 rings (SSSR count). The Labute approximate surface area is 63.9 Å². The molecule has 64 valence electrons. The number of hydroxylamine groups is 1. The van der Waals surface area contributed by atoms with E-state index < -0.39 is 18.0 Å². The SMILES string of the molecule is [2H]ON[C@@H](CCC(=O)O)C(=O)O. The predicted octanol–water partition coefficient (Wildman–Crippen LogP) is -0.717. The zero-order valence-electron chi connectivity index (χ0n) is 6.61. The Kier molecular flexibility index (Phi) is 3.36. The highest BCUT2D eigenvalue weighted by Gasteiger charge is 2.16. The molecule has 0 unspecified atom stereocenters. The number of hydrogen-bond acceptors (Lipinski definition) is 4. The van der Waals surface area contributed by atoms with Crippen molar-refractivity contribution in [1.82, 2.24) is 5.48 Å². The molecule has 1 atom stereocenters. The van der Waals surface area contributed by atoms with Crippen LogP contribution in [0.2, 0.25) is 1.43 Å². The number of rotatable bonds is 6. The van der Waals surface area contributed by atoms with Crippen LogP contribution in [0.15, 0.2) is 0 Å². The van der Waals surface area contributed by atoms with Crippen LogP contribution in [0, 0.1) is 0 Å². The maximum atomic E-state index is 10.3. The number of nitrogens with one attached hydrogen (secondary N) is 1. The second-order valence-corrected chi connectivity index (χ2v) is 1.94. The highest BCUT2D eigenvalue weighted by molar-refractivity contribution is 5.74. The fourth-order valence-corrected chi connectivity index (χ4v) is 0.501. The average Bonchev–Trinajstić information content (AvgIpc) is 1.96. The minimum absolute atomic E-state index is 0.121. The Morgan fingerprint density at radius 2 is 2.18 bits per heavy atom. The van der Waals surface area contributed by atoms with Gasteiger partial charge in [0.05, 0.1) is 0 Å². The molecule has 0 bridgehead atoms. The van der Waals surface area contributed by atoms with Crippen LogP contribution in [0.25, 0.3) is 0 Å². The highest BCUT2D eigenvalue weighted by Crippen LogP contribution is 1.96. The normalized spacial score (nSPS) is 13.6. The minimum atomic E-state index is -1.25. The largest absolute Gasteiger partial charge is 0.481 e. The van der Waals surface area contributed by atoms with Crippen LogP contribution in [-0.2, 0) is 9.59 Å². The summed E-state index contributed by atoms with van der Waals surface area (Å²) in [6, 6.07) is -1.15. The van der Waals surface area contributed by atoms with Gasteiger partial charge in [-0.25, -0.2) is 0 Å². The van der Waals surface area contributed by atoms with E-state index in [1.54, 1.807) is 0 Å². The molecule has 0 aromatic carbocycles. The summed E-state index contributed by atoms with van der Waals surface area (Å²) in [5.41, 5.74) is 1.84. The molecule has 0 aromatic rings. The molecule has 0 fully saturated rings. The average molecular weight is 164 g/mol. The third-order valence-electron chi connectivity index (χ3n) is 1.09. The van der Waals surface area contributed by atoms with Crippen molar-refractivity contribution in [2.45, 2.75) is 18.9 Å². The number of hydrogen-bond donors (Lipinski definition) is 4. The molecular weight excluding hydrogens is 154 g/mol. The molecule has 0 saturated heterocycles. The quantitative estimate of drug-likeness (QED) is 0.386. The fraction of sp³-hybridized carbons (Fsp3) is 0.600. The lowest BCUT2D eigenvalue weighted by molar-refractivity contribution is -0.143. The van der Waals surface area contributed by atoms with Gasteiger partial charge in [0.15, 0.2) is 0 Å². The van der Waals surface area contributed by atoms with Crippen LogP contribution in [0.5, 0.6) is 0 Å². The minimum Gasteiger partial charge on any atom is -0.481 e. The van der Waals surface area contributed by atoms with Gasteiger partial charge < -0.3 is 15.4 Å². The molecule has 0 aliphatic heterocycles. The number of carboxylic acid groups (broad SMARTS) is 2. The second kappa shape index (κ2) is 4.64. The van der Waals surface area contributed by atoms with Crippen LogP contribution < -0.4 is 5.48 Å². The van der Waals surface area contributed by atoms with Gasteiger partial charge in [-0.1, -0.05) is 0 Å². The van der Waals surface area contributed by atoms with E-state index in [0.717, 1.165) is 0 Å². The van der Waals surface area contributed by atoms with E-state index in [4.69, 9.17) is 11.6 Å². The van der Waals surface area contributed by atoms with Crippen molar-refractivity contribution in [2.75, 3.05) is 0 Å². The van der Waals surface area contributed by atoms with Gasteiger partial charge in [-0.3, -0.25) is 9.59 Å². The molecule has 4 N–H and O–H groups in total. The first-order valence-electron chi connectivity index (χ1n) is 3.31. The Balaban J connectivity index is 3.79. The second-order valence-electron chi connectivity index (χ2n) is 1.94. The van der Waals surface area contributed by atoms with E-state index >= 15 is 0 Å². The van der Waals surface area contributed by atoms with Crippen LogP contribution in [0.3, 0.4) is 0 Å². The molecule has 0 aliphatic rings. The van der Waals surface area contributed by atoms with Gasteiger partial charge in [0, 0.05) is 6.42 Å². The Morgan fingerprint density at radius 1 is 1.55 bits per heavy atom. The van der Waals surface area contributed by atoms with Gasteiger partial charge in [0.25, 0.3) is 0 Å². The summed E-state index contributed by atoms with van der Waals surface area (Å²) < 4.78 is 6.19. The zero-order chi connectivity index (χ0) is 9.56. The van der Waals surface area contributed by atoms with Crippen molar-refractivity contribution >= 4 is 11.9 Å². The van der Waals surface area contributed by atoms with Crippen LogP contribution >= 0.6 is 0 Å². The molecule has 0 spiro atoms. The molecule has 11 heavy (non-hydrogen) atoms. The summed E-state index contributed by atoms with van der Waals surface area (Å²) >= 11 is 0. The molecular formula is C5H9NO5. The maximum absolute atomic E-state index is 10.3. The lowest BCUT2D eigenvalue weighted by Crippen LogP contribution is -2.34. The lowest BCUT2D eigenvalue weighted by Gasteiger charge is -2.06. The van der Waals surface area contributed by atoms with Gasteiger partial charge in [0.2, 0.25) is 1.43 Å². The van der Waals surface area contributed by atoms with E-state index in [1.165, 1.54) is 0 Å². The highest BCUT2D eigenvalue weighted by atomic mass is 16.5. The summed E-state index contributed by atoms with van der Waals surface area (Å²) in [6.45, 7) is 0. The standard InChI is InChI=1S/C5H9NO5/c7-4(8)2-1-3(6-11)5(9)10/h3,6,11H,1-2H2,(H,7,8)(H,9,10)/t3-/m0/s1/i11D. The van der Waals surface area contributed by atoms with Crippen molar-refractivity contribution < 1.29 is 26.4 Å². The molecule has 6 heteroatoms. The van der Waals surface area contributed by atoms with Crippen LogP contribution in [0.1, 0.15) is 12.8 Å². The number of carbonyl (C=O) groups is 2. The van der Waals surface area contributed by atoms with E-state index in [1.807, 2.05) is 5.48 Å². The zero-order valence-corrected chi connectivity index (χ0v) is 5.61. The monoisotopic (exact) mass is 164 g/mol. The summed E-state index contributed by atoms with van der Waals surface area (Å²) in [4.78, 5) is 20.3. The molecule has 0 saturated carbocycles. The van der Waals surface area contributed by atoms with Crippen LogP contribution in [-0.4, -0.2) is 33.4 Å². The van der Waals surface area contributed by atoms with Crippen molar-refractivity contribution in [3.8, 4) is 0 Å². The van der Waals surface area contributed by atoms with Gasteiger partial charge in [-0.2, -0.15) is 5.48 Å².